The maximum Gasteiger partial charge on any atom is 0.511 e. The number of esters is 1. The first kappa shape index (κ1) is 35.7. The molecule has 268 valence electrons. The summed E-state index contributed by atoms with van der Waals surface area (Å²) in [5, 5.41) is 4.13. The summed E-state index contributed by atoms with van der Waals surface area (Å²) in [6, 6.07) is 21.3. The third-order valence-electron chi connectivity index (χ3n) is 8.74. The Hall–Kier alpha value is -6.11. The van der Waals surface area contributed by atoms with Crippen molar-refractivity contribution in [3.63, 3.8) is 0 Å². The van der Waals surface area contributed by atoms with Gasteiger partial charge in [0.05, 0.1) is 63.7 Å². The van der Waals surface area contributed by atoms with Crippen LogP contribution in [0.1, 0.15) is 71.5 Å². The second-order valence-electron chi connectivity index (χ2n) is 13.0. The van der Waals surface area contributed by atoms with Gasteiger partial charge in [0.2, 0.25) is 6.79 Å². The largest absolute Gasteiger partial charge is 0.511 e. The van der Waals surface area contributed by atoms with E-state index in [4.69, 9.17) is 23.8 Å². The fourth-order valence-corrected chi connectivity index (χ4v) is 5.84. The summed E-state index contributed by atoms with van der Waals surface area (Å²) in [7, 11) is 0. The van der Waals surface area contributed by atoms with E-state index >= 15 is 0 Å². The van der Waals surface area contributed by atoms with Crippen LogP contribution in [0, 0.1) is 26.2 Å². The summed E-state index contributed by atoms with van der Waals surface area (Å²) in [6.45, 7) is 10.9. The van der Waals surface area contributed by atoms with Crippen LogP contribution in [0.5, 0.6) is 6.01 Å². The minimum Gasteiger partial charge on any atom is -0.465 e. The molecule has 1 aliphatic rings. The zero-order valence-electron chi connectivity index (χ0n) is 29.9. The lowest BCUT2D eigenvalue weighted by Gasteiger charge is -2.26. The molecule has 0 unspecified atom stereocenters. The summed E-state index contributed by atoms with van der Waals surface area (Å²) < 4.78 is 23.2. The first-order valence-corrected chi connectivity index (χ1v) is 16.8. The smallest absolute Gasteiger partial charge is 0.465 e. The summed E-state index contributed by atoms with van der Waals surface area (Å²) in [5.41, 5.74) is 7.68. The number of nitrogens with zero attached hydrogens (tertiary/aromatic N) is 5. The maximum atomic E-state index is 13.3. The van der Waals surface area contributed by atoms with Crippen molar-refractivity contribution >= 4 is 34.8 Å². The van der Waals surface area contributed by atoms with Gasteiger partial charge in [0.1, 0.15) is 6.61 Å². The molecule has 0 aliphatic carbocycles. The third-order valence-corrected chi connectivity index (χ3v) is 8.74. The van der Waals surface area contributed by atoms with Gasteiger partial charge in [0, 0.05) is 12.0 Å². The number of aryl methyl sites for hydroxylation is 3. The molecule has 0 saturated heterocycles. The number of benzene rings is 3. The van der Waals surface area contributed by atoms with Gasteiger partial charge in [-0.1, -0.05) is 59.8 Å². The quantitative estimate of drug-likeness (QED) is 0.0792. The van der Waals surface area contributed by atoms with Crippen molar-refractivity contribution in [3.05, 3.63) is 106 Å². The number of carbonyl (C=O) groups is 3. The van der Waals surface area contributed by atoms with Crippen LogP contribution < -0.4 is 4.74 Å². The lowest BCUT2D eigenvalue weighted by Crippen LogP contribution is -2.33. The molecule has 13 heteroatoms. The Bertz CT molecular complexity index is 2190. The second-order valence-corrected chi connectivity index (χ2v) is 13.0. The lowest BCUT2D eigenvalue weighted by atomic mass is 9.83. The van der Waals surface area contributed by atoms with E-state index in [1.165, 1.54) is 0 Å². The normalized spacial score (nSPS) is 13.7. The van der Waals surface area contributed by atoms with Crippen LogP contribution >= 0.6 is 0 Å². The monoisotopic (exact) mass is 705 g/mol. The van der Waals surface area contributed by atoms with Crippen molar-refractivity contribution in [1.82, 2.24) is 19.5 Å². The summed E-state index contributed by atoms with van der Waals surface area (Å²) in [6.07, 6.45) is -0.557. The number of fused-ring (bicyclic) bond motifs is 1. The van der Waals surface area contributed by atoms with E-state index in [2.05, 4.69) is 20.1 Å². The van der Waals surface area contributed by atoms with Crippen molar-refractivity contribution in [2.24, 2.45) is 10.6 Å². The molecule has 52 heavy (non-hydrogen) atoms. The van der Waals surface area contributed by atoms with Crippen molar-refractivity contribution < 1.29 is 38.2 Å². The van der Waals surface area contributed by atoms with E-state index in [-0.39, 0.29) is 18.1 Å². The SMILES string of the molecule is CCOc1nc2cccc(C(=O)OCOC(=O)OCc3nc(C)c(C)nc3C)c2n1Cc1ccc(-c2ccccc2C2=NOC(=O)C(C)(C)C2)cc1. The van der Waals surface area contributed by atoms with Crippen LogP contribution in [0.2, 0.25) is 0 Å². The van der Waals surface area contributed by atoms with E-state index in [1.54, 1.807) is 25.1 Å². The number of carbonyl (C=O) groups excluding carboxylic acids is 3. The molecule has 0 spiro atoms. The highest BCUT2D eigenvalue weighted by atomic mass is 16.8. The minimum atomic E-state index is -1.01. The third kappa shape index (κ3) is 7.63. The molecule has 0 bridgehead atoms. The van der Waals surface area contributed by atoms with E-state index in [1.807, 2.05) is 87.7 Å². The fraction of sp³-hybridized carbons (Fsp3) is 0.308. The molecule has 0 radical (unpaired) electrons. The summed E-state index contributed by atoms with van der Waals surface area (Å²) >= 11 is 0. The second kappa shape index (κ2) is 15.0. The lowest BCUT2D eigenvalue weighted by molar-refractivity contribution is -0.155. The first-order chi connectivity index (χ1) is 24.9. The van der Waals surface area contributed by atoms with Crippen molar-refractivity contribution in [2.45, 2.75) is 61.1 Å². The van der Waals surface area contributed by atoms with Crippen LogP contribution in [0.15, 0.2) is 71.9 Å². The molecule has 0 amide bonds. The summed E-state index contributed by atoms with van der Waals surface area (Å²) in [4.78, 5) is 56.4. The number of hydrogen-bond acceptors (Lipinski definition) is 12. The number of rotatable bonds is 11. The van der Waals surface area contributed by atoms with Gasteiger partial charge in [0.15, 0.2) is 0 Å². The molecule has 0 fully saturated rings. The number of oxime groups is 1. The molecular formula is C39H39N5O8. The molecule has 5 aromatic rings. The van der Waals surface area contributed by atoms with Gasteiger partial charge < -0.3 is 23.8 Å². The molecule has 2 aromatic heterocycles. The van der Waals surface area contributed by atoms with Gasteiger partial charge in [-0.05, 0) is 70.4 Å². The highest BCUT2D eigenvalue weighted by molar-refractivity contribution is 6.08. The molecule has 1 aliphatic heterocycles. The van der Waals surface area contributed by atoms with Gasteiger partial charge in [-0.2, -0.15) is 4.98 Å². The van der Waals surface area contributed by atoms with Crippen molar-refractivity contribution in [1.29, 1.82) is 0 Å². The van der Waals surface area contributed by atoms with Gasteiger partial charge >= 0.3 is 18.1 Å². The zero-order valence-corrected chi connectivity index (χ0v) is 29.9. The first-order valence-electron chi connectivity index (χ1n) is 16.8. The van der Waals surface area contributed by atoms with Crippen LogP contribution in [0.25, 0.3) is 22.2 Å². The zero-order chi connectivity index (χ0) is 37.0. The van der Waals surface area contributed by atoms with Crippen molar-refractivity contribution in [2.75, 3.05) is 13.4 Å². The average Bonchev–Trinajstić information content (AvgIpc) is 3.47. The molecular weight excluding hydrogens is 666 g/mol. The minimum absolute atomic E-state index is 0.135. The van der Waals surface area contributed by atoms with Gasteiger partial charge in [-0.3, -0.25) is 14.5 Å². The van der Waals surface area contributed by atoms with Crippen LogP contribution in [-0.2, 0) is 37.0 Å². The Morgan fingerprint density at radius 1 is 0.846 bits per heavy atom. The predicted molar refractivity (Wildman–Crippen MR) is 191 cm³/mol. The van der Waals surface area contributed by atoms with Crippen molar-refractivity contribution in [3.8, 4) is 17.1 Å². The Balaban J connectivity index is 1.17. The van der Waals surface area contributed by atoms with Gasteiger partial charge in [0.25, 0.3) is 6.01 Å². The number of ether oxygens (including phenoxy) is 4. The van der Waals surface area contributed by atoms with Crippen LogP contribution in [-0.4, -0.2) is 56.7 Å². The number of aromatic nitrogens is 4. The Morgan fingerprint density at radius 3 is 2.31 bits per heavy atom. The maximum absolute atomic E-state index is 13.3. The number of para-hydroxylation sites is 1. The molecule has 0 atom stereocenters. The molecule has 6 rings (SSSR count). The van der Waals surface area contributed by atoms with Gasteiger partial charge in [-0.25, -0.2) is 14.4 Å². The van der Waals surface area contributed by atoms with Crippen LogP contribution in [0.4, 0.5) is 4.79 Å². The van der Waals surface area contributed by atoms with E-state index in [0.29, 0.717) is 53.7 Å². The highest BCUT2D eigenvalue weighted by Gasteiger charge is 2.36. The number of hydrogen-bond donors (Lipinski definition) is 0. The standard InChI is InChI=1S/C39H39N5O8/c1-7-48-37-42-31-14-10-13-30(35(45)50-22-51-38(47)49-21-33-25(4)40-23(2)24(3)41-33)34(31)44(37)20-26-15-17-27(18-16-26)28-11-8-9-12-29(28)32-19-39(5,6)36(46)52-43-32/h8-18H,7,19-22H2,1-6H3. The molecule has 13 nitrogen and oxygen atoms in total. The van der Waals surface area contributed by atoms with Gasteiger partial charge in [-0.15, -0.1) is 0 Å². The molecule has 0 saturated carbocycles. The predicted octanol–water partition coefficient (Wildman–Crippen LogP) is 7.01. The van der Waals surface area contributed by atoms with E-state index < -0.39 is 24.3 Å². The molecule has 3 heterocycles. The highest BCUT2D eigenvalue weighted by Crippen LogP contribution is 2.34. The average molecular weight is 706 g/mol. The van der Waals surface area contributed by atoms with E-state index in [0.717, 1.165) is 33.6 Å². The molecule has 3 aromatic carbocycles. The number of imidazole rings is 1. The molecule has 0 N–H and O–H groups in total. The topological polar surface area (TPSA) is 153 Å². The Kier molecular flexibility index (Phi) is 10.3. The fourth-order valence-electron chi connectivity index (χ4n) is 5.84. The Morgan fingerprint density at radius 2 is 1.58 bits per heavy atom. The van der Waals surface area contributed by atoms with E-state index in [9.17, 15) is 14.4 Å². The summed E-state index contributed by atoms with van der Waals surface area (Å²) in [5.74, 6) is -1.07. The Labute approximate surface area is 300 Å². The van der Waals surface area contributed by atoms with Crippen LogP contribution in [0.3, 0.4) is 0 Å².